The van der Waals surface area contributed by atoms with Crippen molar-refractivity contribution in [3.8, 4) is 5.69 Å². The zero-order valence-electron chi connectivity index (χ0n) is 19.0. The van der Waals surface area contributed by atoms with Crippen molar-refractivity contribution in [3.63, 3.8) is 0 Å². The van der Waals surface area contributed by atoms with Gasteiger partial charge in [-0.25, -0.2) is 4.68 Å². The lowest BCUT2D eigenvalue weighted by Gasteiger charge is -2.21. The van der Waals surface area contributed by atoms with Gasteiger partial charge in [0.1, 0.15) is 0 Å². The first-order chi connectivity index (χ1) is 16.6. The molecular weight excluding hydrogens is 424 g/mol. The van der Waals surface area contributed by atoms with Gasteiger partial charge >= 0.3 is 0 Å². The molecule has 0 fully saturated rings. The molecule has 0 saturated heterocycles. The highest BCUT2D eigenvalue weighted by Gasteiger charge is 2.14. The summed E-state index contributed by atoms with van der Waals surface area (Å²) in [6.07, 6.45) is 7.06. The number of para-hydroxylation sites is 2. The van der Waals surface area contributed by atoms with Crippen molar-refractivity contribution in [1.82, 2.24) is 9.78 Å². The van der Waals surface area contributed by atoms with E-state index in [1.165, 1.54) is 6.08 Å². The predicted octanol–water partition coefficient (Wildman–Crippen LogP) is 5.12. The maximum absolute atomic E-state index is 12.8. The summed E-state index contributed by atoms with van der Waals surface area (Å²) in [6, 6.07) is 26.8. The van der Waals surface area contributed by atoms with Gasteiger partial charge in [0.15, 0.2) is 0 Å². The molecule has 1 N–H and O–H groups in total. The molecule has 0 aliphatic heterocycles. The second kappa shape index (κ2) is 10.9. The topological polar surface area (TPSA) is 67.2 Å². The maximum atomic E-state index is 12.8. The summed E-state index contributed by atoms with van der Waals surface area (Å²) in [4.78, 5) is 26.8. The fourth-order valence-electron chi connectivity index (χ4n) is 3.59. The SMILES string of the molecule is CCN(C(=O)Cc1ccc(NC(=O)/C=C/c2cnn(-c3ccccc3)c2)cc1)c1ccccc1. The van der Waals surface area contributed by atoms with Crippen LogP contribution in [0.15, 0.2) is 103 Å². The Labute approximate surface area is 199 Å². The summed E-state index contributed by atoms with van der Waals surface area (Å²) in [5, 5.41) is 7.16. The van der Waals surface area contributed by atoms with Gasteiger partial charge in [0.05, 0.1) is 18.3 Å². The van der Waals surface area contributed by atoms with Crippen LogP contribution in [0, 0.1) is 0 Å². The smallest absolute Gasteiger partial charge is 0.248 e. The molecule has 170 valence electrons. The maximum Gasteiger partial charge on any atom is 0.248 e. The Kier molecular flexibility index (Phi) is 7.30. The molecule has 4 aromatic rings. The van der Waals surface area contributed by atoms with Crippen LogP contribution in [-0.4, -0.2) is 28.1 Å². The summed E-state index contributed by atoms with van der Waals surface area (Å²) in [7, 11) is 0. The summed E-state index contributed by atoms with van der Waals surface area (Å²) in [6.45, 7) is 2.57. The summed E-state index contributed by atoms with van der Waals surface area (Å²) in [5.41, 5.74) is 4.23. The quantitative estimate of drug-likeness (QED) is 0.379. The molecule has 6 nitrogen and oxygen atoms in total. The molecule has 1 heterocycles. The highest BCUT2D eigenvalue weighted by Crippen LogP contribution is 2.16. The zero-order valence-corrected chi connectivity index (χ0v) is 19.0. The monoisotopic (exact) mass is 450 g/mol. The van der Waals surface area contributed by atoms with Gasteiger partial charge in [0.25, 0.3) is 0 Å². The van der Waals surface area contributed by atoms with Crippen LogP contribution in [0.4, 0.5) is 11.4 Å². The third-order valence-corrected chi connectivity index (χ3v) is 5.31. The Morgan fingerprint density at radius 2 is 1.62 bits per heavy atom. The molecule has 1 aromatic heterocycles. The van der Waals surface area contributed by atoms with Gasteiger partial charge in [-0.3, -0.25) is 9.59 Å². The van der Waals surface area contributed by atoms with Gasteiger partial charge in [-0.1, -0.05) is 48.5 Å². The lowest BCUT2D eigenvalue weighted by atomic mass is 10.1. The van der Waals surface area contributed by atoms with Crippen molar-refractivity contribution in [1.29, 1.82) is 0 Å². The molecule has 0 bridgehead atoms. The number of nitrogens with one attached hydrogen (secondary N) is 1. The first-order valence-corrected chi connectivity index (χ1v) is 11.2. The number of benzene rings is 3. The van der Waals surface area contributed by atoms with E-state index in [1.54, 1.807) is 34.0 Å². The Balaban J connectivity index is 1.32. The van der Waals surface area contributed by atoms with Crippen molar-refractivity contribution < 1.29 is 9.59 Å². The van der Waals surface area contributed by atoms with Gasteiger partial charge in [0, 0.05) is 35.8 Å². The molecule has 0 unspecified atom stereocenters. The zero-order chi connectivity index (χ0) is 23.8. The van der Waals surface area contributed by atoms with Crippen LogP contribution in [0.3, 0.4) is 0 Å². The minimum atomic E-state index is -0.238. The Bertz CT molecular complexity index is 1260. The molecule has 0 radical (unpaired) electrons. The highest BCUT2D eigenvalue weighted by atomic mass is 16.2. The van der Waals surface area contributed by atoms with E-state index in [1.807, 2.05) is 85.9 Å². The van der Waals surface area contributed by atoms with E-state index in [-0.39, 0.29) is 11.8 Å². The van der Waals surface area contributed by atoms with Crippen molar-refractivity contribution in [2.45, 2.75) is 13.3 Å². The molecule has 0 spiro atoms. The van der Waals surface area contributed by atoms with Crippen LogP contribution in [0.5, 0.6) is 0 Å². The number of carbonyl (C=O) groups excluding carboxylic acids is 2. The first-order valence-electron chi connectivity index (χ1n) is 11.2. The summed E-state index contributed by atoms with van der Waals surface area (Å²) >= 11 is 0. The fraction of sp³-hybridized carbons (Fsp3) is 0.107. The van der Waals surface area contributed by atoms with Gasteiger partial charge < -0.3 is 10.2 Å². The number of hydrogen-bond donors (Lipinski definition) is 1. The predicted molar refractivity (Wildman–Crippen MR) is 136 cm³/mol. The lowest BCUT2D eigenvalue weighted by molar-refractivity contribution is -0.118. The van der Waals surface area contributed by atoms with Crippen LogP contribution in [0.1, 0.15) is 18.1 Å². The number of carbonyl (C=O) groups is 2. The van der Waals surface area contributed by atoms with E-state index >= 15 is 0 Å². The number of rotatable bonds is 8. The van der Waals surface area contributed by atoms with Crippen molar-refractivity contribution >= 4 is 29.3 Å². The van der Waals surface area contributed by atoms with Crippen molar-refractivity contribution in [2.75, 3.05) is 16.8 Å². The van der Waals surface area contributed by atoms with E-state index in [4.69, 9.17) is 0 Å². The Hall–Kier alpha value is -4.45. The van der Waals surface area contributed by atoms with Crippen LogP contribution >= 0.6 is 0 Å². The third-order valence-electron chi connectivity index (χ3n) is 5.31. The minimum Gasteiger partial charge on any atom is -0.323 e. The highest BCUT2D eigenvalue weighted by molar-refractivity contribution is 6.02. The molecule has 4 rings (SSSR count). The van der Waals surface area contributed by atoms with E-state index in [9.17, 15) is 9.59 Å². The minimum absolute atomic E-state index is 0.0319. The number of aromatic nitrogens is 2. The molecule has 0 saturated carbocycles. The fourth-order valence-corrected chi connectivity index (χ4v) is 3.59. The Morgan fingerprint density at radius 3 is 2.29 bits per heavy atom. The van der Waals surface area contributed by atoms with E-state index in [2.05, 4.69) is 10.4 Å². The van der Waals surface area contributed by atoms with Crippen LogP contribution in [0.25, 0.3) is 11.8 Å². The first kappa shape index (κ1) is 22.7. The number of anilines is 2. The molecule has 2 amide bonds. The van der Waals surface area contributed by atoms with Crippen LogP contribution in [-0.2, 0) is 16.0 Å². The molecule has 0 aliphatic carbocycles. The van der Waals surface area contributed by atoms with E-state index in [0.29, 0.717) is 18.7 Å². The second-order valence-electron chi connectivity index (χ2n) is 7.72. The van der Waals surface area contributed by atoms with Gasteiger partial charge in [-0.05, 0) is 55.0 Å². The van der Waals surface area contributed by atoms with E-state index in [0.717, 1.165) is 22.5 Å². The number of nitrogens with zero attached hydrogens (tertiary/aromatic N) is 3. The molecule has 34 heavy (non-hydrogen) atoms. The second-order valence-corrected chi connectivity index (χ2v) is 7.72. The molecule has 6 heteroatoms. The third kappa shape index (κ3) is 5.86. The van der Waals surface area contributed by atoms with Crippen LogP contribution < -0.4 is 10.2 Å². The largest absolute Gasteiger partial charge is 0.323 e. The van der Waals surface area contributed by atoms with Crippen molar-refractivity contribution in [3.05, 3.63) is 115 Å². The van der Waals surface area contributed by atoms with Gasteiger partial charge in [-0.15, -0.1) is 0 Å². The molecule has 0 atom stereocenters. The number of hydrogen-bond acceptors (Lipinski definition) is 3. The summed E-state index contributed by atoms with van der Waals surface area (Å²) in [5.74, 6) is -0.206. The normalized spacial score (nSPS) is 10.9. The van der Waals surface area contributed by atoms with Gasteiger partial charge in [-0.2, -0.15) is 5.10 Å². The standard InChI is InChI=1S/C28H26N4O2/c1-2-31(25-9-5-3-6-10-25)28(34)19-22-13-16-24(17-14-22)30-27(33)18-15-23-20-29-32(21-23)26-11-7-4-8-12-26/h3-18,20-21H,2,19H2,1H3,(H,30,33)/b18-15+. The van der Waals surface area contributed by atoms with Crippen molar-refractivity contribution in [2.24, 2.45) is 0 Å². The number of likely N-dealkylation sites (N-methyl/N-ethyl adjacent to an activating group) is 1. The lowest BCUT2D eigenvalue weighted by Crippen LogP contribution is -2.31. The number of amides is 2. The average Bonchev–Trinajstić information content (AvgIpc) is 3.35. The molecule has 0 aliphatic rings. The van der Waals surface area contributed by atoms with E-state index < -0.39 is 0 Å². The molecule has 3 aromatic carbocycles. The van der Waals surface area contributed by atoms with Gasteiger partial charge in [0.2, 0.25) is 11.8 Å². The summed E-state index contributed by atoms with van der Waals surface area (Å²) < 4.78 is 1.76. The molecular formula is C28H26N4O2. The van der Waals surface area contributed by atoms with Crippen LogP contribution in [0.2, 0.25) is 0 Å². The Morgan fingerprint density at radius 1 is 0.941 bits per heavy atom. The average molecular weight is 451 g/mol.